The van der Waals surface area contributed by atoms with Gasteiger partial charge in [-0.25, -0.2) is 9.67 Å². The molecular weight excluding hydrogens is 344 g/mol. The predicted octanol–water partition coefficient (Wildman–Crippen LogP) is 3.92. The van der Waals surface area contributed by atoms with Gasteiger partial charge < -0.3 is 4.40 Å². The van der Waals surface area contributed by atoms with E-state index in [2.05, 4.69) is 69.4 Å². The Bertz CT molecular complexity index is 1060. The van der Waals surface area contributed by atoms with Crippen LogP contribution in [0, 0.1) is 6.92 Å². The molecule has 5 rings (SSSR count). The number of nitrogens with zero attached hydrogens (tertiary/aromatic N) is 6. The second-order valence-corrected chi connectivity index (χ2v) is 7.58. The summed E-state index contributed by atoms with van der Waals surface area (Å²) in [7, 11) is 0. The molecule has 3 heterocycles. The fraction of sp³-hybridized carbons (Fsp3) is 0.263. The van der Waals surface area contributed by atoms with Crippen molar-refractivity contribution in [3.63, 3.8) is 0 Å². The van der Waals surface area contributed by atoms with Gasteiger partial charge in [0.05, 0.1) is 17.4 Å². The summed E-state index contributed by atoms with van der Waals surface area (Å²) in [5.41, 5.74) is 5.50. The number of imidazole rings is 1. The zero-order valence-electron chi connectivity index (χ0n) is 14.4. The molecule has 3 aromatic heterocycles. The lowest BCUT2D eigenvalue weighted by molar-refractivity contribution is 0.565. The van der Waals surface area contributed by atoms with E-state index in [1.54, 1.807) is 11.8 Å². The van der Waals surface area contributed by atoms with Crippen LogP contribution in [0.3, 0.4) is 0 Å². The predicted molar refractivity (Wildman–Crippen MR) is 101 cm³/mol. The highest BCUT2D eigenvalue weighted by Gasteiger charge is 2.28. The molecule has 0 amide bonds. The number of hydrogen-bond donors (Lipinski definition) is 0. The van der Waals surface area contributed by atoms with Gasteiger partial charge >= 0.3 is 0 Å². The first-order chi connectivity index (χ1) is 12.8. The Morgan fingerprint density at radius 2 is 1.96 bits per heavy atom. The number of aromatic nitrogens is 6. The van der Waals surface area contributed by atoms with Crippen molar-refractivity contribution in [2.24, 2.45) is 0 Å². The molecule has 0 N–H and O–H groups in total. The summed E-state index contributed by atoms with van der Waals surface area (Å²) in [6.07, 6.45) is 4.49. The molecule has 0 unspecified atom stereocenters. The van der Waals surface area contributed by atoms with E-state index in [1.807, 2.05) is 10.7 Å². The minimum Gasteiger partial charge on any atom is -0.302 e. The fourth-order valence-electron chi connectivity index (χ4n) is 3.13. The topological polar surface area (TPSA) is 60.9 Å². The molecule has 1 aliphatic carbocycles. The maximum atomic E-state index is 4.89. The number of benzene rings is 1. The van der Waals surface area contributed by atoms with E-state index in [0.717, 1.165) is 27.8 Å². The number of tetrazole rings is 1. The Morgan fingerprint density at radius 3 is 2.77 bits per heavy atom. The van der Waals surface area contributed by atoms with Gasteiger partial charge in [-0.15, -0.1) is 5.10 Å². The van der Waals surface area contributed by atoms with Crippen LogP contribution in [0.15, 0.2) is 53.8 Å². The third kappa shape index (κ3) is 2.78. The van der Waals surface area contributed by atoms with Crippen LogP contribution in [0.1, 0.15) is 30.1 Å². The molecule has 26 heavy (non-hydrogen) atoms. The largest absolute Gasteiger partial charge is 0.302 e. The molecule has 7 heteroatoms. The summed E-state index contributed by atoms with van der Waals surface area (Å²) >= 11 is 1.68. The van der Waals surface area contributed by atoms with E-state index < -0.39 is 0 Å². The molecule has 0 bridgehead atoms. The van der Waals surface area contributed by atoms with E-state index in [-0.39, 0.29) is 0 Å². The Balaban J connectivity index is 1.56. The smallest absolute Gasteiger partial charge is 0.209 e. The standard InChI is InChI=1S/C19H18N6S/c1-13-7-10-17-20-18(14-5-3-2-4-6-14)16(24(17)11-13)12-26-19-21-22-23-25(19)15-8-9-15/h2-7,10-11,15H,8-9,12H2,1H3. The van der Waals surface area contributed by atoms with Crippen LogP contribution in [0.5, 0.6) is 0 Å². The molecule has 6 nitrogen and oxygen atoms in total. The number of pyridine rings is 1. The minimum absolute atomic E-state index is 0.477. The molecule has 0 spiro atoms. The van der Waals surface area contributed by atoms with Crippen molar-refractivity contribution in [3.8, 4) is 11.3 Å². The molecule has 1 saturated carbocycles. The van der Waals surface area contributed by atoms with Crippen molar-refractivity contribution in [2.45, 2.75) is 36.7 Å². The fourth-order valence-corrected chi connectivity index (χ4v) is 4.08. The normalized spacial score (nSPS) is 14.2. The third-order valence-corrected chi connectivity index (χ3v) is 5.55. The van der Waals surface area contributed by atoms with Gasteiger partial charge in [0.25, 0.3) is 0 Å². The van der Waals surface area contributed by atoms with Crippen LogP contribution >= 0.6 is 11.8 Å². The first-order valence-corrected chi connectivity index (χ1v) is 9.72. The quantitative estimate of drug-likeness (QED) is 0.504. The lowest BCUT2D eigenvalue weighted by Crippen LogP contribution is -2.00. The van der Waals surface area contributed by atoms with Crippen molar-refractivity contribution in [2.75, 3.05) is 0 Å². The SMILES string of the molecule is Cc1ccc2nc(-c3ccccc3)c(CSc3nnnn3C3CC3)n2c1. The van der Waals surface area contributed by atoms with E-state index in [9.17, 15) is 0 Å². The van der Waals surface area contributed by atoms with Gasteiger partial charge in [0.15, 0.2) is 0 Å². The van der Waals surface area contributed by atoms with Gasteiger partial charge in [0, 0.05) is 17.5 Å². The molecular formula is C19H18N6S. The summed E-state index contributed by atoms with van der Waals surface area (Å²) in [6.45, 7) is 2.10. The van der Waals surface area contributed by atoms with Gasteiger partial charge in [0.2, 0.25) is 5.16 Å². The first-order valence-electron chi connectivity index (χ1n) is 8.73. The Kier molecular flexibility index (Phi) is 3.74. The second kappa shape index (κ2) is 6.25. The summed E-state index contributed by atoms with van der Waals surface area (Å²) in [6, 6.07) is 15.0. The molecule has 0 aliphatic heterocycles. The molecule has 1 aliphatic rings. The van der Waals surface area contributed by atoms with Crippen molar-refractivity contribution in [1.82, 2.24) is 29.6 Å². The Labute approximate surface area is 155 Å². The molecule has 0 radical (unpaired) electrons. The van der Waals surface area contributed by atoms with E-state index >= 15 is 0 Å². The van der Waals surface area contributed by atoms with Gasteiger partial charge in [-0.1, -0.05) is 48.2 Å². The van der Waals surface area contributed by atoms with E-state index in [0.29, 0.717) is 6.04 Å². The lowest BCUT2D eigenvalue weighted by Gasteiger charge is -2.06. The molecule has 1 fully saturated rings. The molecule has 4 aromatic rings. The lowest BCUT2D eigenvalue weighted by atomic mass is 10.1. The zero-order valence-corrected chi connectivity index (χ0v) is 15.2. The van der Waals surface area contributed by atoms with Crippen molar-refractivity contribution >= 4 is 17.4 Å². The van der Waals surface area contributed by atoms with Gasteiger partial charge in [-0.2, -0.15) is 0 Å². The van der Waals surface area contributed by atoms with Crippen molar-refractivity contribution in [1.29, 1.82) is 0 Å². The summed E-state index contributed by atoms with van der Waals surface area (Å²) in [5.74, 6) is 0.766. The third-order valence-electron chi connectivity index (χ3n) is 4.61. The highest BCUT2D eigenvalue weighted by atomic mass is 32.2. The monoisotopic (exact) mass is 362 g/mol. The number of fused-ring (bicyclic) bond motifs is 1. The number of rotatable bonds is 5. The highest BCUT2D eigenvalue weighted by molar-refractivity contribution is 7.98. The maximum Gasteiger partial charge on any atom is 0.209 e. The van der Waals surface area contributed by atoms with E-state index in [4.69, 9.17) is 4.98 Å². The highest BCUT2D eigenvalue weighted by Crippen LogP contribution is 2.37. The Morgan fingerprint density at radius 1 is 1.12 bits per heavy atom. The maximum absolute atomic E-state index is 4.89. The van der Waals surface area contributed by atoms with Crippen LogP contribution in [0.4, 0.5) is 0 Å². The average Bonchev–Trinajstić information content (AvgIpc) is 3.30. The van der Waals surface area contributed by atoms with Gasteiger partial charge in [-0.05, 0) is 41.8 Å². The molecule has 1 aromatic carbocycles. The summed E-state index contributed by atoms with van der Waals surface area (Å²) in [5, 5.41) is 13.1. The van der Waals surface area contributed by atoms with Crippen LogP contribution in [-0.4, -0.2) is 29.6 Å². The zero-order chi connectivity index (χ0) is 17.5. The molecule has 0 saturated heterocycles. The van der Waals surface area contributed by atoms with Crippen LogP contribution in [0.2, 0.25) is 0 Å². The van der Waals surface area contributed by atoms with Crippen LogP contribution < -0.4 is 0 Å². The number of aryl methyl sites for hydroxylation is 1. The van der Waals surface area contributed by atoms with Crippen LogP contribution in [-0.2, 0) is 5.75 Å². The second-order valence-electron chi connectivity index (χ2n) is 6.63. The Hall–Kier alpha value is -2.67. The van der Waals surface area contributed by atoms with Gasteiger partial charge in [0.1, 0.15) is 5.65 Å². The van der Waals surface area contributed by atoms with Gasteiger partial charge in [-0.3, -0.25) is 0 Å². The summed E-state index contributed by atoms with van der Waals surface area (Å²) in [4.78, 5) is 4.89. The molecule has 130 valence electrons. The van der Waals surface area contributed by atoms with Crippen molar-refractivity contribution < 1.29 is 0 Å². The number of hydrogen-bond acceptors (Lipinski definition) is 5. The average molecular weight is 362 g/mol. The van der Waals surface area contributed by atoms with Crippen LogP contribution in [0.25, 0.3) is 16.9 Å². The number of thioether (sulfide) groups is 1. The van der Waals surface area contributed by atoms with Crippen molar-refractivity contribution in [3.05, 3.63) is 59.9 Å². The minimum atomic E-state index is 0.477. The molecule has 0 atom stereocenters. The summed E-state index contributed by atoms with van der Waals surface area (Å²) < 4.78 is 4.15. The first kappa shape index (κ1) is 15.6. The van der Waals surface area contributed by atoms with E-state index in [1.165, 1.54) is 24.1 Å².